The summed E-state index contributed by atoms with van der Waals surface area (Å²) in [5.41, 5.74) is 14.7. The van der Waals surface area contributed by atoms with Gasteiger partial charge in [-0.15, -0.1) is 0 Å². The summed E-state index contributed by atoms with van der Waals surface area (Å²) in [7, 11) is 0. The Balaban J connectivity index is 0.000000184. The molecule has 0 spiro atoms. The van der Waals surface area contributed by atoms with E-state index >= 15 is 0 Å². The minimum absolute atomic E-state index is 0.0488. The molecule has 0 radical (unpaired) electrons. The number of hydrogen-bond donors (Lipinski definition) is 0. The first-order valence-electron chi connectivity index (χ1n) is 18.0. The number of allylic oxidation sites excluding steroid dienone is 1. The number of aryl methyl sites for hydroxylation is 1. The average molecular weight is 655 g/mol. The molecule has 0 bridgehead atoms. The highest BCUT2D eigenvalue weighted by molar-refractivity contribution is 5.97. The predicted octanol–water partition coefficient (Wildman–Crippen LogP) is 13.9. The average Bonchev–Trinajstić information content (AvgIpc) is 3.41. The van der Waals surface area contributed by atoms with E-state index in [0.717, 1.165) is 6.42 Å². The van der Waals surface area contributed by atoms with Crippen LogP contribution in [-0.4, -0.2) is 0 Å². The number of hydrogen-bond acceptors (Lipinski definition) is 0. The Morgan fingerprint density at radius 2 is 0.961 bits per heavy atom. The van der Waals surface area contributed by atoms with Gasteiger partial charge in [-0.2, -0.15) is 0 Å². The molecule has 1 aliphatic rings. The molecule has 0 nitrogen and oxygen atoms in total. The largest absolute Gasteiger partial charge is 0.0795 e. The summed E-state index contributed by atoms with van der Waals surface area (Å²) in [6.07, 6.45) is 5.47. The Morgan fingerprint density at radius 1 is 0.451 bits per heavy atom. The van der Waals surface area contributed by atoms with Gasteiger partial charge in [-0.25, -0.2) is 0 Å². The summed E-state index contributed by atoms with van der Waals surface area (Å²) in [5.74, 6) is 0. The molecule has 0 N–H and O–H groups in total. The fourth-order valence-electron chi connectivity index (χ4n) is 7.66. The Labute approximate surface area is 302 Å². The Hall–Kier alpha value is -5.98. The first kappa shape index (κ1) is 32.2. The molecule has 246 valence electrons. The van der Waals surface area contributed by atoms with Gasteiger partial charge < -0.3 is 0 Å². The highest BCUT2D eigenvalue weighted by atomic mass is 14.4. The van der Waals surface area contributed by atoms with Crippen LogP contribution in [0.5, 0.6) is 0 Å². The van der Waals surface area contributed by atoms with Crippen molar-refractivity contribution in [2.24, 2.45) is 0 Å². The van der Waals surface area contributed by atoms with Crippen molar-refractivity contribution in [2.75, 3.05) is 0 Å². The van der Waals surface area contributed by atoms with Gasteiger partial charge in [-0.05, 0) is 90.5 Å². The summed E-state index contributed by atoms with van der Waals surface area (Å²) in [4.78, 5) is 0. The van der Waals surface area contributed by atoms with Crippen molar-refractivity contribution < 1.29 is 0 Å². The van der Waals surface area contributed by atoms with Crippen LogP contribution in [0.2, 0.25) is 0 Å². The second-order valence-electron chi connectivity index (χ2n) is 14.2. The molecule has 0 fully saturated rings. The lowest BCUT2D eigenvalue weighted by Gasteiger charge is -2.21. The monoisotopic (exact) mass is 654 g/mol. The zero-order valence-corrected chi connectivity index (χ0v) is 29.6. The van der Waals surface area contributed by atoms with Crippen molar-refractivity contribution in [1.82, 2.24) is 0 Å². The van der Waals surface area contributed by atoms with Crippen LogP contribution in [0.1, 0.15) is 41.7 Å². The number of rotatable bonds is 5. The van der Waals surface area contributed by atoms with Crippen LogP contribution in [0, 0.1) is 6.92 Å². The van der Waals surface area contributed by atoms with Crippen LogP contribution in [0.25, 0.3) is 61.0 Å². The maximum Gasteiger partial charge on any atom is 0.0159 e. The maximum atomic E-state index is 2.37. The molecular weight excluding hydrogens is 613 g/mol. The zero-order chi connectivity index (χ0) is 34.8. The molecule has 0 heterocycles. The minimum atomic E-state index is 0.0488. The lowest BCUT2D eigenvalue weighted by molar-refractivity contribution is 0.660. The molecule has 0 atom stereocenters. The highest BCUT2D eigenvalue weighted by Gasteiger charge is 2.34. The molecule has 8 aromatic carbocycles. The van der Waals surface area contributed by atoms with Crippen LogP contribution in [0.4, 0.5) is 0 Å². The van der Waals surface area contributed by atoms with E-state index < -0.39 is 0 Å². The fraction of sp³-hybridized carbons (Fsp3) is 0.0980. The third-order valence-corrected chi connectivity index (χ3v) is 10.5. The summed E-state index contributed by atoms with van der Waals surface area (Å²) < 4.78 is 0. The van der Waals surface area contributed by atoms with Crippen LogP contribution in [0.15, 0.2) is 182 Å². The summed E-state index contributed by atoms with van der Waals surface area (Å²) >= 11 is 0. The molecule has 0 heteroatoms. The van der Waals surface area contributed by atoms with Crippen LogP contribution >= 0.6 is 0 Å². The standard InChI is InChI=1S/C34H28.C17H14/c1-34(2)32-16-6-5-14-30(32)31-22-19-25(23-33(31)34)10-7-9-24-17-20-27(21-18-24)29-15-8-12-26-11-3-4-13-28(26)29;1-13-9-11-15(12-10-13)17-8-4-6-14-5-2-3-7-16(14)17/h3-8,10-23H,9H2,1-2H3;2-12H,1H3/b10-7+;. The summed E-state index contributed by atoms with van der Waals surface area (Å²) in [5, 5.41) is 5.20. The van der Waals surface area contributed by atoms with Crippen molar-refractivity contribution in [2.45, 2.75) is 32.6 Å². The summed E-state index contributed by atoms with van der Waals surface area (Å²) in [6.45, 7) is 6.79. The van der Waals surface area contributed by atoms with Crippen molar-refractivity contribution in [1.29, 1.82) is 0 Å². The van der Waals surface area contributed by atoms with Gasteiger partial charge in [0.05, 0.1) is 0 Å². The van der Waals surface area contributed by atoms with Gasteiger partial charge in [0, 0.05) is 5.41 Å². The van der Waals surface area contributed by atoms with Gasteiger partial charge in [0.25, 0.3) is 0 Å². The lowest BCUT2D eigenvalue weighted by atomic mass is 9.82. The summed E-state index contributed by atoms with van der Waals surface area (Å²) in [6, 6.07) is 63.6. The van der Waals surface area contributed by atoms with Gasteiger partial charge in [0.2, 0.25) is 0 Å². The number of benzene rings is 8. The molecule has 0 unspecified atom stereocenters. The molecule has 8 aromatic rings. The molecule has 0 saturated heterocycles. The van der Waals surface area contributed by atoms with Crippen molar-refractivity contribution in [3.8, 4) is 33.4 Å². The zero-order valence-electron chi connectivity index (χ0n) is 29.6. The quantitative estimate of drug-likeness (QED) is 0.173. The first-order valence-corrected chi connectivity index (χ1v) is 18.0. The Morgan fingerprint density at radius 3 is 1.61 bits per heavy atom. The van der Waals surface area contributed by atoms with Crippen LogP contribution in [-0.2, 0) is 11.8 Å². The van der Waals surface area contributed by atoms with E-state index in [4.69, 9.17) is 0 Å². The maximum absolute atomic E-state index is 2.37. The normalized spacial score (nSPS) is 12.8. The minimum Gasteiger partial charge on any atom is -0.0795 e. The molecule has 9 rings (SSSR count). The van der Waals surface area contributed by atoms with E-state index in [1.165, 1.54) is 82.7 Å². The van der Waals surface area contributed by atoms with E-state index in [1.807, 2.05) is 0 Å². The second-order valence-corrected chi connectivity index (χ2v) is 14.2. The van der Waals surface area contributed by atoms with Gasteiger partial charge in [-0.1, -0.05) is 207 Å². The molecule has 1 aliphatic carbocycles. The van der Waals surface area contributed by atoms with E-state index in [-0.39, 0.29) is 5.41 Å². The third kappa shape index (κ3) is 6.42. The Kier molecular flexibility index (Phi) is 8.68. The topological polar surface area (TPSA) is 0 Å². The van der Waals surface area contributed by atoms with Crippen LogP contribution < -0.4 is 0 Å². The van der Waals surface area contributed by atoms with Gasteiger partial charge in [-0.3, -0.25) is 0 Å². The Bertz CT molecular complexity index is 2500. The fourth-order valence-corrected chi connectivity index (χ4v) is 7.66. The number of fused-ring (bicyclic) bond motifs is 5. The molecule has 0 aliphatic heterocycles. The van der Waals surface area contributed by atoms with E-state index in [2.05, 4.69) is 209 Å². The second kappa shape index (κ2) is 13.7. The van der Waals surface area contributed by atoms with E-state index in [9.17, 15) is 0 Å². The molecule has 0 amide bonds. The molecule has 51 heavy (non-hydrogen) atoms. The SMILES string of the molecule is CC1(C)c2ccccc2-c2ccc(/C=C/Cc3ccc(-c4cccc5ccccc45)cc3)cc21.Cc1ccc(-c2cccc3ccccc23)cc1. The smallest absolute Gasteiger partial charge is 0.0159 e. The van der Waals surface area contributed by atoms with Gasteiger partial charge >= 0.3 is 0 Å². The van der Waals surface area contributed by atoms with E-state index in [1.54, 1.807) is 0 Å². The predicted molar refractivity (Wildman–Crippen MR) is 220 cm³/mol. The third-order valence-electron chi connectivity index (χ3n) is 10.5. The van der Waals surface area contributed by atoms with Gasteiger partial charge in [0.1, 0.15) is 0 Å². The van der Waals surface area contributed by atoms with Crippen LogP contribution in [0.3, 0.4) is 0 Å². The van der Waals surface area contributed by atoms with Crippen molar-refractivity contribution >= 4 is 27.6 Å². The van der Waals surface area contributed by atoms with E-state index in [0.29, 0.717) is 0 Å². The molecule has 0 saturated carbocycles. The lowest BCUT2D eigenvalue weighted by Crippen LogP contribution is -2.14. The highest BCUT2D eigenvalue weighted by Crippen LogP contribution is 2.48. The molecular formula is C51H42. The first-order chi connectivity index (χ1) is 25.0. The van der Waals surface area contributed by atoms with Gasteiger partial charge in [0.15, 0.2) is 0 Å². The molecule has 0 aromatic heterocycles. The van der Waals surface area contributed by atoms with Crippen molar-refractivity contribution in [3.63, 3.8) is 0 Å². The van der Waals surface area contributed by atoms with Crippen molar-refractivity contribution in [3.05, 3.63) is 210 Å².